The lowest BCUT2D eigenvalue weighted by Gasteiger charge is -2.39. The highest BCUT2D eigenvalue weighted by Gasteiger charge is 2.28. The van der Waals surface area contributed by atoms with Gasteiger partial charge in [0.1, 0.15) is 11.5 Å². The summed E-state index contributed by atoms with van der Waals surface area (Å²) in [4.78, 5) is 5.67. The van der Waals surface area contributed by atoms with Crippen LogP contribution in [0.2, 0.25) is 0 Å². The van der Waals surface area contributed by atoms with Gasteiger partial charge in [0.2, 0.25) is 0 Å². The molecule has 1 N–H and O–H groups in total. The minimum Gasteiger partial charge on any atom is -0.457 e. The maximum absolute atomic E-state index is 5.94. The predicted octanol–water partition coefficient (Wildman–Crippen LogP) is 6.26. The molecule has 0 saturated carbocycles. The van der Waals surface area contributed by atoms with Crippen LogP contribution in [0, 0.1) is 0 Å². The summed E-state index contributed by atoms with van der Waals surface area (Å²) in [6.07, 6.45) is 10.8. The number of allylic oxidation sites excluding steroid dienone is 1. The number of rotatable bonds is 5. The second-order valence-corrected chi connectivity index (χ2v) is 7.09. The largest absolute Gasteiger partial charge is 0.457 e. The van der Waals surface area contributed by atoms with Crippen molar-refractivity contribution in [3.05, 3.63) is 96.5 Å². The third-order valence-corrected chi connectivity index (χ3v) is 5.32. The van der Waals surface area contributed by atoms with Gasteiger partial charge in [0, 0.05) is 18.9 Å². The van der Waals surface area contributed by atoms with Crippen molar-refractivity contribution in [2.75, 3.05) is 6.54 Å². The average molecular weight is 358 g/mol. The molecular formula is C24H26N2O. The number of piperidine rings is 1. The SMILES string of the molecule is CC=CN1CCC(c2cc[nH]c2)CC1c1ccc(Oc2ccccc2)cc1. The molecule has 0 bridgehead atoms. The van der Waals surface area contributed by atoms with Gasteiger partial charge in [-0.1, -0.05) is 36.4 Å². The van der Waals surface area contributed by atoms with Crippen LogP contribution in [0.15, 0.2) is 85.3 Å². The summed E-state index contributed by atoms with van der Waals surface area (Å²) in [6.45, 7) is 3.17. The Bertz CT molecular complexity index is 853. The molecule has 0 radical (unpaired) electrons. The Morgan fingerprint density at radius 3 is 2.44 bits per heavy atom. The van der Waals surface area contributed by atoms with Gasteiger partial charge in [-0.3, -0.25) is 0 Å². The molecule has 0 aliphatic carbocycles. The molecule has 1 aliphatic rings. The topological polar surface area (TPSA) is 28.3 Å². The van der Waals surface area contributed by atoms with Crippen molar-refractivity contribution >= 4 is 0 Å². The number of aromatic amines is 1. The Balaban J connectivity index is 1.53. The smallest absolute Gasteiger partial charge is 0.127 e. The highest BCUT2D eigenvalue weighted by molar-refractivity contribution is 5.34. The maximum atomic E-state index is 5.94. The summed E-state index contributed by atoms with van der Waals surface area (Å²) >= 11 is 0. The predicted molar refractivity (Wildman–Crippen MR) is 110 cm³/mol. The van der Waals surface area contributed by atoms with Crippen molar-refractivity contribution in [3.8, 4) is 11.5 Å². The first-order valence-corrected chi connectivity index (χ1v) is 9.67. The first-order valence-electron chi connectivity index (χ1n) is 9.67. The summed E-state index contributed by atoms with van der Waals surface area (Å²) in [5, 5.41) is 0. The molecule has 3 heteroatoms. The van der Waals surface area contributed by atoms with Gasteiger partial charge >= 0.3 is 0 Å². The van der Waals surface area contributed by atoms with Gasteiger partial charge in [0.05, 0.1) is 6.04 Å². The van der Waals surface area contributed by atoms with Crippen LogP contribution in [-0.2, 0) is 0 Å². The van der Waals surface area contributed by atoms with Crippen LogP contribution in [0.5, 0.6) is 11.5 Å². The van der Waals surface area contributed by atoms with Gasteiger partial charge in [0.25, 0.3) is 0 Å². The lowest BCUT2D eigenvalue weighted by atomic mass is 9.84. The fourth-order valence-corrected chi connectivity index (χ4v) is 3.96. The number of ether oxygens (including phenoxy) is 1. The number of hydrogen-bond acceptors (Lipinski definition) is 2. The van der Waals surface area contributed by atoms with Crippen LogP contribution in [-0.4, -0.2) is 16.4 Å². The first kappa shape index (κ1) is 17.5. The van der Waals surface area contributed by atoms with Crippen LogP contribution in [0.4, 0.5) is 0 Å². The summed E-state index contributed by atoms with van der Waals surface area (Å²) in [6, 6.07) is 21.1. The highest BCUT2D eigenvalue weighted by atomic mass is 16.5. The molecule has 4 rings (SSSR count). The van der Waals surface area contributed by atoms with E-state index in [1.54, 1.807) is 0 Å². The molecule has 0 amide bonds. The number of hydrogen-bond donors (Lipinski definition) is 1. The quantitative estimate of drug-likeness (QED) is 0.583. The molecule has 27 heavy (non-hydrogen) atoms. The number of para-hydroxylation sites is 1. The van der Waals surface area contributed by atoms with Gasteiger partial charge in [0.15, 0.2) is 0 Å². The maximum Gasteiger partial charge on any atom is 0.127 e. The van der Waals surface area contributed by atoms with Crippen LogP contribution in [0.3, 0.4) is 0 Å². The number of H-pyrrole nitrogens is 1. The second-order valence-electron chi connectivity index (χ2n) is 7.09. The van der Waals surface area contributed by atoms with E-state index < -0.39 is 0 Å². The Kier molecular flexibility index (Phi) is 5.29. The molecule has 1 fully saturated rings. The molecule has 1 aromatic heterocycles. The monoisotopic (exact) mass is 358 g/mol. The van der Waals surface area contributed by atoms with Crippen molar-refractivity contribution in [3.63, 3.8) is 0 Å². The van der Waals surface area contributed by atoms with Gasteiger partial charge in [-0.15, -0.1) is 0 Å². The third-order valence-electron chi connectivity index (χ3n) is 5.32. The number of likely N-dealkylation sites (tertiary alicyclic amines) is 1. The molecule has 1 aliphatic heterocycles. The van der Waals surface area contributed by atoms with Crippen LogP contribution >= 0.6 is 0 Å². The van der Waals surface area contributed by atoms with E-state index in [1.807, 2.05) is 36.5 Å². The Hall–Kier alpha value is -2.94. The lowest BCUT2D eigenvalue weighted by Crippen LogP contribution is -2.32. The molecule has 2 heterocycles. The Labute approximate surface area is 161 Å². The zero-order valence-corrected chi connectivity index (χ0v) is 15.7. The van der Waals surface area contributed by atoms with E-state index in [0.29, 0.717) is 12.0 Å². The lowest BCUT2D eigenvalue weighted by molar-refractivity contribution is 0.196. The number of nitrogens with one attached hydrogen (secondary N) is 1. The van der Waals surface area contributed by atoms with Gasteiger partial charge in [-0.05, 0) is 73.3 Å². The van der Waals surface area contributed by atoms with E-state index in [0.717, 1.165) is 24.5 Å². The fourth-order valence-electron chi connectivity index (χ4n) is 3.96. The Morgan fingerprint density at radius 2 is 1.74 bits per heavy atom. The molecule has 138 valence electrons. The van der Waals surface area contributed by atoms with Crippen molar-refractivity contribution in [2.45, 2.75) is 31.7 Å². The fraction of sp³-hybridized carbons (Fsp3) is 0.250. The standard InChI is InChI=1S/C24H26N2O/c1-2-15-26-16-13-20(21-12-14-25-18-21)17-24(26)19-8-10-23(11-9-19)27-22-6-4-3-5-7-22/h2-12,14-15,18,20,24-25H,13,16-17H2,1H3. The molecule has 0 spiro atoms. The van der Waals surface area contributed by atoms with E-state index in [4.69, 9.17) is 4.74 Å². The van der Waals surface area contributed by atoms with Crippen molar-refractivity contribution in [1.82, 2.24) is 9.88 Å². The van der Waals surface area contributed by atoms with Crippen LogP contribution < -0.4 is 4.74 Å². The highest BCUT2D eigenvalue weighted by Crippen LogP contribution is 2.40. The Morgan fingerprint density at radius 1 is 0.963 bits per heavy atom. The van der Waals surface area contributed by atoms with E-state index in [-0.39, 0.29) is 0 Å². The summed E-state index contributed by atoms with van der Waals surface area (Å²) in [7, 11) is 0. The molecule has 3 nitrogen and oxygen atoms in total. The van der Waals surface area contributed by atoms with E-state index in [1.165, 1.54) is 17.5 Å². The number of nitrogens with zero attached hydrogens (tertiary/aromatic N) is 1. The van der Waals surface area contributed by atoms with Crippen LogP contribution in [0.25, 0.3) is 0 Å². The molecule has 2 atom stereocenters. The molecule has 2 unspecified atom stereocenters. The zero-order chi connectivity index (χ0) is 18.5. The minimum atomic E-state index is 0.389. The number of benzene rings is 2. The van der Waals surface area contributed by atoms with Crippen molar-refractivity contribution < 1.29 is 4.74 Å². The first-order chi connectivity index (χ1) is 13.3. The summed E-state index contributed by atoms with van der Waals surface area (Å²) < 4.78 is 5.94. The average Bonchev–Trinajstić information content (AvgIpc) is 3.25. The van der Waals surface area contributed by atoms with E-state index in [9.17, 15) is 0 Å². The van der Waals surface area contributed by atoms with Crippen molar-refractivity contribution in [2.24, 2.45) is 0 Å². The van der Waals surface area contributed by atoms with E-state index in [2.05, 4.69) is 65.6 Å². The minimum absolute atomic E-state index is 0.389. The molecule has 2 aromatic carbocycles. The van der Waals surface area contributed by atoms with Gasteiger partial charge in [-0.25, -0.2) is 0 Å². The molecular weight excluding hydrogens is 332 g/mol. The third kappa shape index (κ3) is 4.08. The molecule has 1 saturated heterocycles. The molecule has 3 aromatic rings. The second kappa shape index (κ2) is 8.17. The van der Waals surface area contributed by atoms with Gasteiger partial charge in [-0.2, -0.15) is 0 Å². The summed E-state index contributed by atoms with van der Waals surface area (Å²) in [5.74, 6) is 2.34. The summed E-state index contributed by atoms with van der Waals surface area (Å²) in [5.41, 5.74) is 2.76. The van der Waals surface area contributed by atoms with E-state index >= 15 is 0 Å². The van der Waals surface area contributed by atoms with Crippen molar-refractivity contribution in [1.29, 1.82) is 0 Å². The normalized spacial score (nSPS) is 20.1. The van der Waals surface area contributed by atoms with Crippen LogP contribution in [0.1, 0.15) is 42.9 Å². The number of aromatic nitrogens is 1. The van der Waals surface area contributed by atoms with Gasteiger partial charge < -0.3 is 14.6 Å². The zero-order valence-electron chi connectivity index (χ0n) is 15.7.